The van der Waals surface area contributed by atoms with E-state index < -0.39 is 8.32 Å². The van der Waals surface area contributed by atoms with Gasteiger partial charge >= 0.3 is 0 Å². The molecule has 0 spiro atoms. The Morgan fingerprint density at radius 2 is 1.48 bits per heavy atom. The van der Waals surface area contributed by atoms with E-state index in [-0.39, 0.29) is 11.1 Å². The molecule has 0 bridgehead atoms. The molecule has 0 heterocycles. The average molecular weight is 447 g/mol. The second kappa shape index (κ2) is 9.83. The number of unbranched alkanes of at least 4 members (excludes halogenated alkanes) is 1. The maximum absolute atomic E-state index is 12.1. The molecule has 2 nitrogen and oxygen atoms in total. The first kappa shape index (κ1) is 22.1. The Kier molecular flexibility index (Phi) is 8.04. The Balaban J connectivity index is 2.16. The SMILES string of the molecule is C=C(Br)CC(O)CCCCC(C)(C)[Si](O)(c1ccccc1)c1ccccc1. The van der Waals surface area contributed by atoms with Crippen LogP contribution in [0.4, 0.5) is 0 Å². The molecular weight excluding hydrogens is 416 g/mol. The molecule has 0 aliphatic heterocycles. The van der Waals surface area contributed by atoms with Gasteiger partial charge in [-0.3, -0.25) is 0 Å². The Bertz CT molecular complexity index is 676. The van der Waals surface area contributed by atoms with Crippen LogP contribution in [0.1, 0.15) is 46.0 Å². The molecule has 2 aromatic carbocycles. The summed E-state index contributed by atoms with van der Waals surface area (Å²) in [6.45, 7) is 8.17. The van der Waals surface area contributed by atoms with Gasteiger partial charge in [0.1, 0.15) is 0 Å². The van der Waals surface area contributed by atoms with E-state index in [1.807, 2.05) is 36.4 Å². The zero-order valence-electron chi connectivity index (χ0n) is 16.4. The molecule has 2 aromatic rings. The summed E-state index contributed by atoms with van der Waals surface area (Å²) >= 11 is 3.31. The fourth-order valence-electron chi connectivity index (χ4n) is 3.79. The summed E-state index contributed by atoms with van der Waals surface area (Å²) in [5.74, 6) is 0. The van der Waals surface area contributed by atoms with Crippen molar-refractivity contribution in [2.75, 3.05) is 0 Å². The lowest BCUT2D eigenvalue weighted by Crippen LogP contribution is -2.65. The number of rotatable bonds is 10. The quantitative estimate of drug-likeness (QED) is 0.408. The number of hydrogen-bond acceptors (Lipinski definition) is 2. The van der Waals surface area contributed by atoms with Gasteiger partial charge in [-0.25, -0.2) is 0 Å². The zero-order valence-corrected chi connectivity index (χ0v) is 19.0. The molecule has 0 aliphatic carbocycles. The van der Waals surface area contributed by atoms with E-state index in [0.717, 1.165) is 40.5 Å². The van der Waals surface area contributed by atoms with E-state index in [4.69, 9.17) is 0 Å². The van der Waals surface area contributed by atoms with E-state index in [9.17, 15) is 9.90 Å². The molecule has 1 unspecified atom stereocenters. The molecule has 0 saturated heterocycles. The summed E-state index contributed by atoms with van der Waals surface area (Å²) in [5, 5.41) is 11.9. The molecule has 0 aliphatic rings. The number of benzene rings is 2. The van der Waals surface area contributed by atoms with Crippen LogP contribution >= 0.6 is 15.9 Å². The fourth-order valence-corrected chi connectivity index (χ4v) is 7.95. The van der Waals surface area contributed by atoms with Gasteiger partial charge in [-0.05, 0) is 32.7 Å². The predicted octanol–water partition coefficient (Wildman–Crippen LogP) is 4.74. The fraction of sp³-hybridized carbons (Fsp3) is 0.391. The normalized spacial score (nSPS) is 13.4. The molecule has 0 amide bonds. The first-order chi connectivity index (χ1) is 12.8. The van der Waals surface area contributed by atoms with Gasteiger partial charge in [0.25, 0.3) is 8.32 Å². The summed E-state index contributed by atoms with van der Waals surface area (Å²) in [7, 11) is -2.92. The van der Waals surface area contributed by atoms with E-state index >= 15 is 0 Å². The van der Waals surface area contributed by atoms with Crippen molar-refractivity contribution in [1.82, 2.24) is 0 Å². The lowest BCUT2D eigenvalue weighted by molar-refractivity contribution is 0.162. The van der Waals surface area contributed by atoms with Crippen LogP contribution in [0.2, 0.25) is 5.04 Å². The second-order valence-electron chi connectivity index (χ2n) is 7.95. The molecule has 27 heavy (non-hydrogen) atoms. The molecule has 1 atom stereocenters. The van der Waals surface area contributed by atoms with Gasteiger partial charge in [0.2, 0.25) is 0 Å². The topological polar surface area (TPSA) is 40.5 Å². The molecule has 0 saturated carbocycles. The third-order valence-electron chi connectivity index (χ3n) is 5.41. The molecule has 146 valence electrons. The van der Waals surface area contributed by atoms with E-state index in [1.54, 1.807) is 0 Å². The standard InChI is InChI=1S/C23H31BrO2Si/c1-19(24)18-20(25)12-10-11-17-23(2,3)27(26,21-13-6-4-7-14-21)22-15-8-5-9-16-22/h4-9,13-16,20,25-26H,1,10-12,17-18H2,2-3H3. The number of halogens is 1. The Labute approximate surface area is 173 Å². The van der Waals surface area contributed by atoms with Crippen molar-refractivity contribution in [2.45, 2.75) is 57.1 Å². The van der Waals surface area contributed by atoms with Crippen LogP contribution in [0, 0.1) is 0 Å². The third-order valence-corrected chi connectivity index (χ3v) is 10.3. The van der Waals surface area contributed by atoms with Gasteiger partial charge in [-0.2, -0.15) is 0 Å². The highest BCUT2D eigenvalue weighted by molar-refractivity contribution is 9.11. The van der Waals surface area contributed by atoms with Crippen LogP contribution in [0.15, 0.2) is 71.7 Å². The Morgan fingerprint density at radius 3 is 1.93 bits per heavy atom. The van der Waals surface area contributed by atoms with Gasteiger partial charge in [-0.1, -0.05) is 110 Å². The first-order valence-corrected chi connectivity index (χ1v) is 12.4. The van der Waals surface area contributed by atoms with Crippen molar-refractivity contribution in [3.05, 3.63) is 71.7 Å². The highest BCUT2D eigenvalue weighted by atomic mass is 79.9. The molecule has 4 heteroatoms. The lowest BCUT2D eigenvalue weighted by atomic mass is 10.0. The van der Waals surface area contributed by atoms with Crippen molar-refractivity contribution < 1.29 is 9.90 Å². The van der Waals surface area contributed by atoms with Gasteiger partial charge in [0.05, 0.1) is 6.10 Å². The summed E-state index contributed by atoms with van der Waals surface area (Å²) in [5.41, 5.74) is 0. The maximum atomic E-state index is 12.1. The van der Waals surface area contributed by atoms with Crippen molar-refractivity contribution in [3.63, 3.8) is 0 Å². The average Bonchev–Trinajstić information content (AvgIpc) is 2.65. The highest BCUT2D eigenvalue weighted by Gasteiger charge is 2.49. The van der Waals surface area contributed by atoms with Crippen LogP contribution in [0.25, 0.3) is 0 Å². The largest absolute Gasteiger partial charge is 0.424 e. The van der Waals surface area contributed by atoms with Crippen LogP contribution in [0.3, 0.4) is 0 Å². The monoisotopic (exact) mass is 446 g/mol. The zero-order chi connectivity index (χ0) is 19.9. The van der Waals surface area contributed by atoms with Gasteiger partial charge in [-0.15, -0.1) is 0 Å². The number of hydrogen-bond donors (Lipinski definition) is 2. The summed E-state index contributed by atoms with van der Waals surface area (Å²) in [6.07, 6.45) is 3.85. The maximum Gasteiger partial charge on any atom is 0.258 e. The minimum Gasteiger partial charge on any atom is -0.424 e. The summed E-state index contributed by atoms with van der Waals surface area (Å²) in [4.78, 5) is 12.1. The number of aliphatic hydroxyl groups is 1. The predicted molar refractivity (Wildman–Crippen MR) is 121 cm³/mol. The lowest BCUT2D eigenvalue weighted by Gasteiger charge is -2.41. The molecule has 2 rings (SSSR count). The minimum absolute atomic E-state index is 0.223. The molecule has 0 radical (unpaired) electrons. The molecular formula is C23H31BrO2Si. The summed E-state index contributed by atoms with van der Waals surface area (Å²) in [6, 6.07) is 20.3. The van der Waals surface area contributed by atoms with Crippen LogP contribution in [-0.4, -0.2) is 24.3 Å². The smallest absolute Gasteiger partial charge is 0.258 e. The first-order valence-electron chi connectivity index (χ1n) is 9.62. The third kappa shape index (κ3) is 5.64. The van der Waals surface area contributed by atoms with Gasteiger partial charge < -0.3 is 9.90 Å². The molecule has 0 fully saturated rings. The molecule has 0 aromatic heterocycles. The van der Waals surface area contributed by atoms with E-state index in [2.05, 4.69) is 60.6 Å². The second-order valence-corrected chi connectivity index (χ2v) is 13.0. The van der Waals surface area contributed by atoms with E-state index in [0.29, 0.717) is 6.42 Å². The number of aliphatic hydroxyl groups excluding tert-OH is 1. The van der Waals surface area contributed by atoms with Crippen LogP contribution in [0.5, 0.6) is 0 Å². The molecule has 2 N–H and O–H groups in total. The Hall–Kier alpha value is -1.20. The van der Waals surface area contributed by atoms with Crippen LogP contribution in [-0.2, 0) is 0 Å². The summed E-state index contributed by atoms with van der Waals surface area (Å²) < 4.78 is 0.838. The van der Waals surface area contributed by atoms with Gasteiger partial charge in [0.15, 0.2) is 0 Å². The van der Waals surface area contributed by atoms with E-state index in [1.165, 1.54) is 0 Å². The minimum atomic E-state index is -2.92. The van der Waals surface area contributed by atoms with Crippen molar-refractivity contribution >= 4 is 34.6 Å². The Morgan fingerprint density at radius 1 is 1.00 bits per heavy atom. The van der Waals surface area contributed by atoms with Crippen molar-refractivity contribution in [2.24, 2.45) is 0 Å². The van der Waals surface area contributed by atoms with Gasteiger partial charge in [0, 0.05) is 6.42 Å². The van der Waals surface area contributed by atoms with Crippen molar-refractivity contribution in [1.29, 1.82) is 0 Å². The van der Waals surface area contributed by atoms with Crippen molar-refractivity contribution in [3.8, 4) is 0 Å². The highest BCUT2D eigenvalue weighted by Crippen LogP contribution is 2.40. The van der Waals surface area contributed by atoms with Crippen LogP contribution < -0.4 is 10.4 Å².